The number of nitrogens with one attached hydrogen (secondary N) is 1. The molecule has 1 aromatic carbocycles. The van der Waals surface area contributed by atoms with E-state index in [9.17, 15) is 4.79 Å². The molecule has 1 saturated heterocycles. The topological polar surface area (TPSA) is 90.6 Å². The number of aromatic amines is 1. The Labute approximate surface area is 199 Å². The van der Waals surface area contributed by atoms with Crippen LogP contribution in [0.3, 0.4) is 0 Å². The van der Waals surface area contributed by atoms with Crippen molar-refractivity contribution >= 4 is 16.9 Å². The van der Waals surface area contributed by atoms with Crippen LogP contribution in [-0.4, -0.2) is 42.6 Å². The van der Waals surface area contributed by atoms with E-state index in [1.807, 2.05) is 35.4 Å². The molecule has 1 atom stereocenters. The lowest BCUT2D eigenvalue weighted by Gasteiger charge is -2.31. The number of fused-ring (bicyclic) bond motifs is 1. The van der Waals surface area contributed by atoms with Gasteiger partial charge in [-0.25, -0.2) is 4.98 Å². The van der Waals surface area contributed by atoms with Crippen LogP contribution in [0, 0.1) is 17.2 Å². The molecule has 0 spiro atoms. The number of aromatic nitrogens is 4. The van der Waals surface area contributed by atoms with Crippen molar-refractivity contribution in [3.63, 3.8) is 0 Å². The summed E-state index contributed by atoms with van der Waals surface area (Å²) in [6, 6.07) is 15.9. The monoisotopic (exact) mass is 452 g/mol. The molecule has 0 aliphatic carbocycles. The van der Waals surface area contributed by atoms with Gasteiger partial charge in [0.25, 0.3) is 0 Å². The van der Waals surface area contributed by atoms with Gasteiger partial charge in [-0.1, -0.05) is 12.1 Å². The van der Waals surface area contributed by atoms with Crippen molar-refractivity contribution in [3.8, 4) is 17.3 Å². The van der Waals surface area contributed by atoms with E-state index in [2.05, 4.69) is 53.0 Å². The summed E-state index contributed by atoms with van der Waals surface area (Å²) < 4.78 is 2.25. The number of carbonyl (C=O) groups excluding carboxylic acids is 1. The summed E-state index contributed by atoms with van der Waals surface area (Å²) in [5.41, 5.74) is 5.43. The average molecular weight is 453 g/mol. The third-order valence-corrected chi connectivity index (χ3v) is 6.82. The number of likely N-dealkylation sites (tertiary alicyclic amines) is 1. The fraction of sp³-hybridized carbons (Fsp3) is 0.333. The number of H-pyrrole nitrogens is 1. The second kappa shape index (κ2) is 8.79. The number of rotatable bonds is 6. The second-order valence-corrected chi connectivity index (χ2v) is 9.76. The lowest BCUT2D eigenvalue weighted by Crippen LogP contribution is -2.42. The molecule has 1 unspecified atom stereocenters. The van der Waals surface area contributed by atoms with Crippen molar-refractivity contribution < 1.29 is 4.79 Å². The Balaban J connectivity index is 1.25. The molecule has 1 N–H and O–H groups in total. The lowest BCUT2D eigenvalue weighted by atomic mass is 9.96. The highest BCUT2D eigenvalue weighted by molar-refractivity contribution is 5.79. The molecule has 5 rings (SSSR count). The van der Waals surface area contributed by atoms with Crippen molar-refractivity contribution in [1.29, 1.82) is 5.26 Å². The van der Waals surface area contributed by atoms with E-state index in [0.717, 1.165) is 47.4 Å². The van der Waals surface area contributed by atoms with Gasteiger partial charge in [-0.2, -0.15) is 10.4 Å². The zero-order valence-electron chi connectivity index (χ0n) is 19.5. The largest absolute Gasteiger partial charge is 0.346 e. The van der Waals surface area contributed by atoms with Crippen molar-refractivity contribution in [3.05, 3.63) is 72.2 Å². The first-order valence-corrected chi connectivity index (χ1v) is 11.7. The molecule has 0 radical (unpaired) electrons. The van der Waals surface area contributed by atoms with Gasteiger partial charge in [0.2, 0.25) is 5.91 Å². The maximum atomic E-state index is 13.1. The summed E-state index contributed by atoms with van der Waals surface area (Å²) in [6.45, 7) is 5.93. The predicted molar refractivity (Wildman–Crippen MR) is 131 cm³/mol. The number of hydrogen-bond donors (Lipinski definition) is 1. The van der Waals surface area contributed by atoms with Crippen molar-refractivity contribution in [1.82, 2.24) is 24.6 Å². The van der Waals surface area contributed by atoms with E-state index in [4.69, 9.17) is 10.2 Å². The molecule has 1 amide bonds. The standard InChI is InChI=1S/C27H28N6O/c1-27(2)13-21(18-33(27)26(34)9-6-19-4-3-5-20(12-19)14-28)17-32-11-10-24-25(32)8-7-23(31-24)22-15-29-30-16-22/h3-5,7-8,10-12,15-16,21H,6,9,13,17-18H2,1-2H3,(H,29,30). The molecule has 7 nitrogen and oxygen atoms in total. The molecule has 1 aliphatic rings. The fourth-order valence-corrected chi connectivity index (χ4v) is 5.19. The number of pyridine rings is 1. The van der Waals surface area contributed by atoms with Gasteiger partial charge in [-0.3, -0.25) is 9.89 Å². The lowest BCUT2D eigenvalue weighted by molar-refractivity contribution is -0.134. The maximum Gasteiger partial charge on any atom is 0.223 e. The Bertz CT molecular complexity index is 1360. The summed E-state index contributed by atoms with van der Waals surface area (Å²) in [7, 11) is 0. The van der Waals surface area contributed by atoms with E-state index >= 15 is 0 Å². The fourth-order valence-electron chi connectivity index (χ4n) is 5.19. The van der Waals surface area contributed by atoms with Gasteiger partial charge in [-0.05, 0) is 68.5 Å². The minimum atomic E-state index is -0.175. The minimum Gasteiger partial charge on any atom is -0.346 e. The van der Waals surface area contributed by atoms with Crippen LogP contribution in [0.15, 0.2) is 61.1 Å². The summed E-state index contributed by atoms with van der Waals surface area (Å²) in [6.07, 6.45) is 7.78. The van der Waals surface area contributed by atoms with E-state index < -0.39 is 0 Å². The van der Waals surface area contributed by atoms with Crippen molar-refractivity contribution in [2.45, 2.75) is 45.2 Å². The molecule has 4 heterocycles. The molecule has 0 saturated carbocycles. The molecular weight excluding hydrogens is 424 g/mol. The number of benzene rings is 1. The van der Waals surface area contributed by atoms with Crippen LogP contribution in [-0.2, 0) is 17.8 Å². The van der Waals surface area contributed by atoms with Crippen molar-refractivity contribution in [2.75, 3.05) is 6.54 Å². The van der Waals surface area contributed by atoms with Crippen LogP contribution >= 0.6 is 0 Å². The van der Waals surface area contributed by atoms with Gasteiger partial charge in [0, 0.05) is 43.0 Å². The van der Waals surface area contributed by atoms with Crippen LogP contribution in [0.5, 0.6) is 0 Å². The highest BCUT2D eigenvalue weighted by Gasteiger charge is 2.40. The molecule has 1 fully saturated rings. The van der Waals surface area contributed by atoms with Crippen LogP contribution in [0.25, 0.3) is 22.3 Å². The SMILES string of the molecule is CC1(C)CC(Cn2ccc3nc(-c4cn[nH]c4)ccc32)CN1C(=O)CCc1cccc(C#N)c1. The molecule has 34 heavy (non-hydrogen) atoms. The molecule has 3 aromatic heterocycles. The van der Waals surface area contributed by atoms with E-state index in [1.165, 1.54) is 0 Å². The summed E-state index contributed by atoms with van der Waals surface area (Å²) in [5, 5.41) is 15.9. The average Bonchev–Trinajstić information content (AvgIpc) is 3.57. The second-order valence-electron chi connectivity index (χ2n) is 9.76. The maximum absolute atomic E-state index is 13.1. The van der Waals surface area contributed by atoms with E-state index in [1.54, 1.807) is 12.3 Å². The van der Waals surface area contributed by atoms with Gasteiger partial charge in [0.15, 0.2) is 0 Å². The molecular formula is C27H28N6O. The molecule has 7 heteroatoms. The number of carbonyl (C=O) groups is 1. The predicted octanol–water partition coefficient (Wildman–Crippen LogP) is 4.56. The summed E-state index contributed by atoms with van der Waals surface area (Å²) in [4.78, 5) is 20.0. The van der Waals surface area contributed by atoms with Crippen LogP contribution in [0.4, 0.5) is 0 Å². The molecule has 172 valence electrons. The Hall–Kier alpha value is -3.92. The summed E-state index contributed by atoms with van der Waals surface area (Å²) >= 11 is 0. The smallest absolute Gasteiger partial charge is 0.223 e. The first-order chi connectivity index (χ1) is 16.4. The van der Waals surface area contributed by atoms with E-state index in [-0.39, 0.29) is 11.4 Å². The summed E-state index contributed by atoms with van der Waals surface area (Å²) in [5.74, 6) is 0.559. The first kappa shape index (κ1) is 21.9. The highest BCUT2D eigenvalue weighted by atomic mass is 16.2. The first-order valence-electron chi connectivity index (χ1n) is 11.7. The van der Waals surface area contributed by atoms with Crippen LogP contribution in [0.2, 0.25) is 0 Å². The van der Waals surface area contributed by atoms with Gasteiger partial charge < -0.3 is 9.47 Å². The Kier molecular flexibility index (Phi) is 5.66. The minimum absolute atomic E-state index is 0.175. The molecule has 1 aliphatic heterocycles. The third kappa shape index (κ3) is 4.32. The van der Waals surface area contributed by atoms with Gasteiger partial charge >= 0.3 is 0 Å². The quantitative estimate of drug-likeness (QED) is 0.464. The third-order valence-electron chi connectivity index (χ3n) is 6.82. The van der Waals surface area contributed by atoms with Crippen molar-refractivity contribution in [2.24, 2.45) is 5.92 Å². The normalized spacial score (nSPS) is 17.2. The van der Waals surface area contributed by atoms with Gasteiger partial charge in [0.05, 0.1) is 34.6 Å². The number of nitriles is 1. The zero-order valence-corrected chi connectivity index (χ0v) is 19.5. The number of aryl methyl sites for hydroxylation is 1. The number of hydrogen-bond acceptors (Lipinski definition) is 4. The Morgan fingerprint density at radius 2 is 2.15 bits per heavy atom. The highest BCUT2D eigenvalue weighted by Crippen LogP contribution is 2.35. The van der Waals surface area contributed by atoms with E-state index in [0.29, 0.717) is 24.3 Å². The molecule has 4 aromatic rings. The van der Waals surface area contributed by atoms with Crippen LogP contribution in [0.1, 0.15) is 37.8 Å². The zero-order chi connectivity index (χ0) is 23.7. The van der Waals surface area contributed by atoms with Gasteiger partial charge in [-0.15, -0.1) is 0 Å². The number of amides is 1. The Morgan fingerprint density at radius 1 is 1.26 bits per heavy atom. The van der Waals surface area contributed by atoms with Gasteiger partial charge in [0.1, 0.15) is 0 Å². The van der Waals surface area contributed by atoms with Crippen LogP contribution < -0.4 is 0 Å². The number of nitrogens with zero attached hydrogens (tertiary/aromatic N) is 5. The Morgan fingerprint density at radius 3 is 2.94 bits per heavy atom. The molecule has 0 bridgehead atoms.